The van der Waals surface area contributed by atoms with Crippen molar-refractivity contribution in [2.45, 2.75) is 10.1 Å². The van der Waals surface area contributed by atoms with E-state index in [0.717, 1.165) is 26.0 Å². The summed E-state index contributed by atoms with van der Waals surface area (Å²) in [6.45, 7) is 0. The molecular formula is C14H10BrN3S2. The van der Waals surface area contributed by atoms with Gasteiger partial charge in [0.1, 0.15) is 0 Å². The van der Waals surface area contributed by atoms with Crippen LogP contribution in [0.2, 0.25) is 0 Å². The van der Waals surface area contributed by atoms with E-state index in [1.165, 1.54) is 17.1 Å². The van der Waals surface area contributed by atoms with E-state index in [1.54, 1.807) is 24.2 Å². The van der Waals surface area contributed by atoms with Crippen LogP contribution in [0.1, 0.15) is 5.56 Å². The Morgan fingerprint density at radius 3 is 2.55 bits per heavy atom. The number of hydrogen-bond donors (Lipinski definition) is 0. The van der Waals surface area contributed by atoms with E-state index in [1.807, 2.05) is 12.1 Å². The van der Waals surface area contributed by atoms with Crippen molar-refractivity contribution in [3.8, 4) is 11.4 Å². The molecule has 0 atom stereocenters. The van der Waals surface area contributed by atoms with Crippen LogP contribution in [0.3, 0.4) is 0 Å². The first-order valence-corrected chi connectivity index (χ1v) is 8.48. The first-order valence-electron chi connectivity index (χ1n) is 5.92. The van der Waals surface area contributed by atoms with Gasteiger partial charge in [-0.3, -0.25) is 4.98 Å². The largest absolute Gasteiger partial charge is 0.265 e. The van der Waals surface area contributed by atoms with E-state index in [-0.39, 0.29) is 0 Å². The first kappa shape index (κ1) is 13.7. The van der Waals surface area contributed by atoms with E-state index in [0.29, 0.717) is 0 Å². The van der Waals surface area contributed by atoms with E-state index < -0.39 is 0 Å². The fraction of sp³-hybridized carbons (Fsp3) is 0.0714. The summed E-state index contributed by atoms with van der Waals surface area (Å²) in [5.41, 5.74) is 2.28. The van der Waals surface area contributed by atoms with Gasteiger partial charge < -0.3 is 0 Å². The summed E-state index contributed by atoms with van der Waals surface area (Å²) in [6.07, 6.45) is 3.51. The Hall–Kier alpha value is -1.24. The predicted molar refractivity (Wildman–Crippen MR) is 86.8 cm³/mol. The normalized spacial score (nSPS) is 10.7. The number of aromatic nitrogens is 3. The van der Waals surface area contributed by atoms with Crippen LogP contribution >= 0.6 is 39.2 Å². The minimum absolute atomic E-state index is 0.774. The molecule has 3 rings (SSSR count). The van der Waals surface area contributed by atoms with E-state index in [2.05, 4.69) is 54.5 Å². The van der Waals surface area contributed by atoms with Crippen molar-refractivity contribution >= 4 is 39.2 Å². The average Bonchev–Trinajstić information content (AvgIpc) is 2.97. The highest BCUT2D eigenvalue weighted by molar-refractivity contribution is 9.10. The van der Waals surface area contributed by atoms with Gasteiger partial charge in [0, 0.05) is 28.2 Å². The maximum absolute atomic E-state index is 4.55. The van der Waals surface area contributed by atoms with Crippen molar-refractivity contribution < 1.29 is 0 Å². The van der Waals surface area contributed by atoms with Crippen LogP contribution < -0.4 is 0 Å². The summed E-state index contributed by atoms with van der Waals surface area (Å²) in [6, 6.07) is 12.2. The van der Waals surface area contributed by atoms with Crippen molar-refractivity contribution in [3.63, 3.8) is 0 Å². The number of pyridine rings is 1. The number of halogens is 1. The molecule has 0 saturated heterocycles. The second-order valence-electron chi connectivity index (χ2n) is 4.03. The van der Waals surface area contributed by atoms with Gasteiger partial charge in [0.15, 0.2) is 10.2 Å². The lowest BCUT2D eigenvalue weighted by Crippen LogP contribution is -1.82. The minimum Gasteiger partial charge on any atom is -0.265 e. The molecule has 2 heterocycles. The van der Waals surface area contributed by atoms with E-state index in [4.69, 9.17) is 0 Å². The van der Waals surface area contributed by atoms with Crippen molar-refractivity contribution in [3.05, 3.63) is 58.8 Å². The van der Waals surface area contributed by atoms with Crippen LogP contribution in [0.25, 0.3) is 11.4 Å². The molecule has 1 aromatic carbocycles. The predicted octanol–water partition coefficient (Wildman–Crippen LogP) is 4.65. The standard InChI is InChI=1S/C14H10BrN3S2/c15-12-3-1-10(2-4-12)9-19-14-17-13(18-20-14)11-5-7-16-8-6-11/h1-8H,9H2. The highest BCUT2D eigenvalue weighted by Crippen LogP contribution is 2.27. The Morgan fingerprint density at radius 2 is 1.80 bits per heavy atom. The molecule has 100 valence electrons. The summed E-state index contributed by atoms with van der Waals surface area (Å²) >= 11 is 6.59. The molecule has 0 unspecified atom stereocenters. The molecule has 0 bridgehead atoms. The molecule has 0 fully saturated rings. The van der Waals surface area contributed by atoms with Gasteiger partial charge in [-0.15, -0.1) is 0 Å². The molecule has 0 amide bonds. The monoisotopic (exact) mass is 363 g/mol. The molecule has 0 radical (unpaired) electrons. The number of rotatable bonds is 4. The third-order valence-corrected chi connectivity index (χ3v) is 5.05. The zero-order chi connectivity index (χ0) is 13.8. The van der Waals surface area contributed by atoms with Gasteiger partial charge >= 0.3 is 0 Å². The second kappa shape index (κ2) is 6.47. The minimum atomic E-state index is 0.774. The van der Waals surface area contributed by atoms with E-state index in [9.17, 15) is 0 Å². The fourth-order valence-electron chi connectivity index (χ4n) is 1.61. The van der Waals surface area contributed by atoms with Crippen molar-refractivity contribution in [2.24, 2.45) is 0 Å². The van der Waals surface area contributed by atoms with Gasteiger partial charge in [0.25, 0.3) is 0 Å². The number of hydrogen-bond acceptors (Lipinski definition) is 5. The Labute approximate surface area is 133 Å². The fourth-order valence-corrected chi connectivity index (χ4v) is 3.45. The summed E-state index contributed by atoms with van der Waals surface area (Å²) in [5.74, 6) is 1.67. The Bertz CT molecular complexity index is 683. The number of benzene rings is 1. The van der Waals surface area contributed by atoms with Gasteiger partial charge in [-0.2, -0.15) is 4.37 Å². The zero-order valence-corrected chi connectivity index (χ0v) is 13.6. The van der Waals surface area contributed by atoms with Crippen molar-refractivity contribution in [1.29, 1.82) is 0 Å². The maximum atomic E-state index is 4.55. The third kappa shape index (κ3) is 3.45. The van der Waals surface area contributed by atoms with Gasteiger partial charge in [-0.1, -0.05) is 39.8 Å². The van der Waals surface area contributed by atoms with E-state index >= 15 is 0 Å². The van der Waals surface area contributed by atoms with Gasteiger partial charge in [-0.05, 0) is 41.4 Å². The van der Waals surface area contributed by atoms with Gasteiger partial charge in [-0.25, -0.2) is 4.98 Å². The first-order chi connectivity index (χ1) is 9.81. The van der Waals surface area contributed by atoms with Crippen LogP contribution in [0.5, 0.6) is 0 Å². The van der Waals surface area contributed by atoms with Crippen LogP contribution in [0.4, 0.5) is 0 Å². The summed E-state index contributed by atoms with van der Waals surface area (Å²) in [4.78, 5) is 8.55. The molecule has 0 saturated carbocycles. The topological polar surface area (TPSA) is 38.7 Å². The second-order valence-corrected chi connectivity index (χ2v) is 6.92. The van der Waals surface area contributed by atoms with Crippen LogP contribution in [0.15, 0.2) is 57.6 Å². The molecule has 0 aliphatic rings. The molecule has 3 nitrogen and oxygen atoms in total. The summed E-state index contributed by atoms with van der Waals surface area (Å²) in [5, 5.41) is 0. The molecule has 0 aliphatic heterocycles. The number of thioether (sulfide) groups is 1. The molecule has 0 aliphatic carbocycles. The molecule has 0 N–H and O–H groups in total. The Kier molecular flexibility index (Phi) is 4.44. The van der Waals surface area contributed by atoms with Crippen LogP contribution in [0, 0.1) is 0 Å². The van der Waals surface area contributed by atoms with Gasteiger partial charge in [0.05, 0.1) is 0 Å². The highest BCUT2D eigenvalue weighted by atomic mass is 79.9. The molecule has 20 heavy (non-hydrogen) atoms. The van der Waals surface area contributed by atoms with Gasteiger partial charge in [0.2, 0.25) is 0 Å². The third-order valence-electron chi connectivity index (χ3n) is 2.62. The Morgan fingerprint density at radius 1 is 1.05 bits per heavy atom. The van der Waals surface area contributed by atoms with Crippen LogP contribution in [-0.2, 0) is 5.75 Å². The smallest absolute Gasteiger partial charge is 0.174 e. The summed E-state index contributed by atoms with van der Waals surface area (Å²) < 4.78 is 6.47. The molecule has 3 aromatic rings. The SMILES string of the molecule is Brc1ccc(CSc2nc(-c3ccncc3)ns2)cc1. The average molecular weight is 364 g/mol. The van der Waals surface area contributed by atoms with Crippen LogP contribution in [-0.4, -0.2) is 14.3 Å². The van der Waals surface area contributed by atoms with Crippen molar-refractivity contribution in [2.75, 3.05) is 0 Å². The molecule has 2 aromatic heterocycles. The zero-order valence-electron chi connectivity index (χ0n) is 10.4. The lowest BCUT2D eigenvalue weighted by molar-refractivity contribution is 1.21. The number of nitrogens with zero attached hydrogens (tertiary/aromatic N) is 3. The highest BCUT2D eigenvalue weighted by Gasteiger charge is 2.07. The lowest BCUT2D eigenvalue weighted by Gasteiger charge is -1.98. The lowest BCUT2D eigenvalue weighted by atomic mass is 10.2. The molecule has 0 spiro atoms. The molecule has 6 heteroatoms. The quantitative estimate of drug-likeness (QED) is 0.632. The summed E-state index contributed by atoms with van der Waals surface area (Å²) in [7, 11) is 0. The maximum Gasteiger partial charge on any atom is 0.174 e. The molecular weight excluding hydrogens is 354 g/mol. The Balaban J connectivity index is 1.67. The van der Waals surface area contributed by atoms with Crippen molar-refractivity contribution in [1.82, 2.24) is 14.3 Å².